The predicted molar refractivity (Wildman–Crippen MR) is 157 cm³/mol. The number of nitrogens with one attached hydrogen (secondary N) is 2. The Morgan fingerprint density at radius 1 is 1.10 bits per heavy atom. The van der Waals surface area contributed by atoms with Crippen LogP contribution in [0.15, 0.2) is 47.4 Å². The lowest BCUT2D eigenvalue weighted by atomic mass is 10.1. The highest BCUT2D eigenvalue weighted by molar-refractivity contribution is 7.08. The quantitative estimate of drug-likeness (QED) is 0.213. The van der Waals surface area contributed by atoms with Gasteiger partial charge in [-0.1, -0.05) is 0 Å². The molecule has 41 heavy (non-hydrogen) atoms. The molecule has 0 fully saturated rings. The summed E-state index contributed by atoms with van der Waals surface area (Å²) in [6.45, 7) is 7.75. The molecule has 4 aromatic rings. The van der Waals surface area contributed by atoms with E-state index in [9.17, 15) is 9.59 Å². The number of fused-ring (bicyclic) bond motifs is 1. The largest absolute Gasteiger partial charge is 0.493 e. The fourth-order valence-electron chi connectivity index (χ4n) is 4.18. The number of alkyl carbamates (subject to hydrolysis) is 1. The minimum atomic E-state index is -0.597. The first-order valence-corrected chi connectivity index (χ1v) is 14.1. The van der Waals surface area contributed by atoms with E-state index in [-0.39, 0.29) is 12.6 Å². The van der Waals surface area contributed by atoms with Crippen molar-refractivity contribution in [1.82, 2.24) is 19.9 Å². The number of nitrogens with zero attached hydrogens (tertiary/aromatic N) is 3. The molecule has 1 aromatic carbocycles. The maximum Gasteiger partial charge on any atom is 0.407 e. The molecular formula is C29H35N5O6S. The lowest BCUT2D eigenvalue weighted by Gasteiger charge is -2.22. The summed E-state index contributed by atoms with van der Waals surface area (Å²) in [5, 5.41) is 10.2. The summed E-state index contributed by atoms with van der Waals surface area (Å²) in [5.74, 6) is 1.50. The number of aromatic nitrogens is 3. The molecule has 0 aliphatic rings. The minimum Gasteiger partial charge on any atom is -0.493 e. The normalized spacial score (nSPS) is 12.0. The third kappa shape index (κ3) is 7.26. The Kier molecular flexibility index (Phi) is 9.33. The minimum absolute atomic E-state index is 0.224. The average Bonchev–Trinajstić information content (AvgIpc) is 3.61. The van der Waals surface area contributed by atoms with E-state index in [2.05, 4.69) is 15.6 Å². The van der Waals surface area contributed by atoms with Crippen molar-refractivity contribution in [2.45, 2.75) is 45.8 Å². The molecule has 1 unspecified atom stereocenters. The Balaban J connectivity index is 1.68. The molecule has 1 atom stereocenters. The van der Waals surface area contributed by atoms with Gasteiger partial charge in [-0.25, -0.2) is 19.6 Å². The highest BCUT2D eigenvalue weighted by Crippen LogP contribution is 2.33. The number of pyridine rings is 1. The van der Waals surface area contributed by atoms with E-state index < -0.39 is 17.7 Å². The van der Waals surface area contributed by atoms with Crippen LogP contribution in [0.4, 0.5) is 10.6 Å². The number of thiophene rings is 1. The van der Waals surface area contributed by atoms with Gasteiger partial charge < -0.3 is 29.6 Å². The number of carbonyl (C=O) groups excluding carboxylic acids is 2. The zero-order valence-electron chi connectivity index (χ0n) is 24.0. The van der Waals surface area contributed by atoms with Gasteiger partial charge in [-0.3, -0.25) is 4.57 Å². The van der Waals surface area contributed by atoms with Crippen molar-refractivity contribution in [1.29, 1.82) is 0 Å². The van der Waals surface area contributed by atoms with Crippen LogP contribution in [-0.2, 0) is 9.47 Å². The highest BCUT2D eigenvalue weighted by atomic mass is 32.1. The molecule has 0 aliphatic heterocycles. The summed E-state index contributed by atoms with van der Waals surface area (Å²) in [4.78, 5) is 34.5. The summed E-state index contributed by atoms with van der Waals surface area (Å²) in [6.07, 6.45) is 1.67. The average molecular weight is 582 g/mol. The fraction of sp³-hybridized carbons (Fsp3) is 0.379. The Hall–Kier alpha value is -4.32. The van der Waals surface area contributed by atoms with Crippen molar-refractivity contribution in [2.24, 2.45) is 0 Å². The smallest absolute Gasteiger partial charge is 0.407 e. The number of anilines is 1. The van der Waals surface area contributed by atoms with Crippen LogP contribution < -0.4 is 20.1 Å². The van der Waals surface area contributed by atoms with Gasteiger partial charge in [0.1, 0.15) is 29.1 Å². The Labute approximate surface area is 242 Å². The van der Waals surface area contributed by atoms with Crippen LogP contribution in [0.2, 0.25) is 0 Å². The summed E-state index contributed by atoms with van der Waals surface area (Å²) in [7, 11) is 3.14. The van der Waals surface area contributed by atoms with Crippen LogP contribution in [0.3, 0.4) is 0 Å². The van der Waals surface area contributed by atoms with E-state index >= 15 is 0 Å². The van der Waals surface area contributed by atoms with Crippen molar-refractivity contribution >= 4 is 40.3 Å². The van der Waals surface area contributed by atoms with Gasteiger partial charge in [0.05, 0.1) is 37.9 Å². The van der Waals surface area contributed by atoms with Crippen LogP contribution in [-0.4, -0.2) is 59.6 Å². The van der Waals surface area contributed by atoms with Crippen molar-refractivity contribution in [3.05, 3.63) is 58.5 Å². The summed E-state index contributed by atoms with van der Waals surface area (Å²) >= 11 is 1.56. The van der Waals surface area contributed by atoms with E-state index in [1.165, 1.54) is 0 Å². The van der Waals surface area contributed by atoms with Crippen LogP contribution in [0.25, 0.3) is 16.9 Å². The number of ether oxygens (including phenoxy) is 4. The second-order valence-electron chi connectivity index (χ2n) is 10.1. The SMILES string of the molecule is CCOC(=O)c1ccc(-n2cnc3cc(OC)c(OC)cc32)nc1NC(CCNC(=O)OC(C)(C)C)c1ccsc1. The molecule has 0 radical (unpaired) electrons. The van der Waals surface area contributed by atoms with Crippen LogP contribution in [0.1, 0.15) is 56.1 Å². The number of methoxy groups -OCH3 is 2. The molecule has 2 N–H and O–H groups in total. The van der Waals surface area contributed by atoms with Gasteiger partial charge in [0.25, 0.3) is 0 Å². The molecule has 0 aliphatic carbocycles. The molecule has 1 amide bonds. The second-order valence-corrected chi connectivity index (χ2v) is 10.8. The number of imidazole rings is 1. The van der Waals surface area contributed by atoms with Crippen molar-refractivity contribution in [2.75, 3.05) is 32.7 Å². The van der Waals surface area contributed by atoms with Crippen LogP contribution >= 0.6 is 11.3 Å². The van der Waals surface area contributed by atoms with Crippen molar-refractivity contribution in [3.63, 3.8) is 0 Å². The van der Waals surface area contributed by atoms with E-state index in [1.54, 1.807) is 61.6 Å². The molecule has 4 rings (SSSR count). The molecular weight excluding hydrogens is 546 g/mol. The van der Waals surface area contributed by atoms with Gasteiger partial charge in [-0.15, -0.1) is 0 Å². The van der Waals surface area contributed by atoms with E-state index in [0.29, 0.717) is 47.2 Å². The number of benzene rings is 1. The van der Waals surface area contributed by atoms with Gasteiger partial charge >= 0.3 is 12.1 Å². The number of hydrogen-bond acceptors (Lipinski definition) is 10. The molecule has 0 bridgehead atoms. The third-order valence-electron chi connectivity index (χ3n) is 6.03. The number of carbonyl (C=O) groups is 2. The summed E-state index contributed by atoms with van der Waals surface area (Å²) < 4.78 is 23.4. The third-order valence-corrected chi connectivity index (χ3v) is 6.73. The molecule has 12 heteroatoms. The Morgan fingerprint density at radius 3 is 2.51 bits per heavy atom. The maximum absolute atomic E-state index is 12.9. The molecule has 0 spiro atoms. The zero-order valence-corrected chi connectivity index (χ0v) is 24.8. The lowest BCUT2D eigenvalue weighted by Crippen LogP contribution is -2.34. The fourth-order valence-corrected chi connectivity index (χ4v) is 4.89. The molecule has 3 aromatic heterocycles. The number of amides is 1. The van der Waals surface area contributed by atoms with E-state index in [0.717, 1.165) is 11.1 Å². The van der Waals surface area contributed by atoms with Crippen LogP contribution in [0.5, 0.6) is 11.5 Å². The monoisotopic (exact) mass is 581 g/mol. The Bertz CT molecular complexity index is 1500. The first-order valence-electron chi connectivity index (χ1n) is 13.2. The van der Waals surface area contributed by atoms with Gasteiger partial charge in [-0.05, 0) is 68.6 Å². The van der Waals surface area contributed by atoms with Gasteiger partial charge in [0, 0.05) is 18.7 Å². The standard InChI is InChI=1S/C29H35N5O6S/c1-7-39-27(35)19-8-9-25(34-17-31-21-14-23(37-5)24(38-6)15-22(21)34)33-26(19)32-20(18-11-13-41-16-18)10-12-30-28(36)40-29(2,3)4/h8-9,11,13-17,20H,7,10,12H2,1-6H3,(H,30,36)(H,32,33). The molecule has 11 nitrogen and oxygen atoms in total. The number of esters is 1. The number of hydrogen-bond donors (Lipinski definition) is 2. The Morgan fingerprint density at radius 2 is 1.85 bits per heavy atom. The predicted octanol–water partition coefficient (Wildman–Crippen LogP) is 5.74. The second kappa shape index (κ2) is 12.9. The van der Waals surface area contributed by atoms with E-state index in [4.69, 9.17) is 23.9 Å². The summed E-state index contributed by atoms with van der Waals surface area (Å²) in [6, 6.07) is 8.76. The van der Waals surface area contributed by atoms with Gasteiger partial charge in [-0.2, -0.15) is 11.3 Å². The highest BCUT2D eigenvalue weighted by Gasteiger charge is 2.22. The van der Waals surface area contributed by atoms with Crippen molar-refractivity contribution < 1.29 is 28.5 Å². The first-order chi connectivity index (χ1) is 19.6. The first kappa shape index (κ1) is 29.7. The molecule has 218 valence electrons. The van der Waals surface area contributed by atoms with Gasteiger partial charge in [0.2, 0.25) is 0 Å². The van der Waals surface area contributed by atoms with Crippen LogP contribution in [0, 0.1) is 0 Å². The molecule has 0 saturated carbocycles. The van der Waals surface area contributed by atoms with E-state index in [1.807, 2.05) is 43.7 Å². The number of rotatable bonds is 11. The zero-order chi connectivity index (χ0) is 29.6. The molecule has 3 heterocycles. The topological polar surface area (TPSA) is 126 Å². The lowest BCUT2D eigenvalue weighted by molar-refractivity contribution is 0.0517. The van der Waals surface area contributed by atoms with Crippen molar-refractivity contribution in [3.8, 4) is 17.3 Å². The molecule has 0 saturated heterocycles. The summed E-state index contributed by atoms with van der Waals surface area (Å²) in [5.41, 5.74) is 2.13. The van der Waals surface area contributed by atoms with Gasteiger partial charge in [0.15, 0.2) is 11.5 Å². The maximum atomic E-state index is 12.9.